The monoisotopic (exact) mass is 407 g/mol. The molecule has 2 rings (SSSR count). The van der Waals surface area contributed by atoms with Crippen molar-refractivity contribution in [3.8, 4) is 17.2 Å². The third kappa shape index (κ3) is 6.70. The number of anilines is 1. The molecule has 1 aromatic rings. The number of rotatable bonds is 8. The number of carbonyl (C=O) groups excluding carboxylic acids is 1. The van der Waals surface area contributed by atoms with Gasteiger partial charge in [-0.05, 0) is 61.3 Å². The first-order valence-electron chi connectivity index (χ1n) is 10.5. The molecular formula is C22H37N3O4. The zero-order valence-corrected chi connectivity index (χ0v) is 18.9. The highest BCUT2D eigenvalue weighted by atomic mass is 16.5. The number of hydrogen-bond donors (Lipinski definition) is 3. The number of carbonyl (C=O) groups is 1. The van der Waals surface area contributed by atoms with Gasteiger partial charge in [0.1, 0.15) is 0 Å². The Bertz CT molecular complexity index is 660. The lowest BCUT2D eigenvalue weighted by molar-refractivity contribution is 0.149. The predicted octanol–water partition coefficient (Wildman–Crippen LogP) is 4.31. The van der Waals surface area contributed by atoms with Crippen LogP contribution in [-0.2, 0) is 0 Å². The predicted molar refractivity (Wildman–Crippen MR) is 116 cm³/mol. The van der Waals surface area contributed by atoms with Crippen LogP contribution in [-0.4, -0.2) is 43.0 Å². The molecule has 1 fully saturated rings. The second kappa shape index (κ2) is 9.57. The van der Waals surface area contributed by atoms with Crippen molar-refractivity contribution in [3.05, 3.63) is 12.1 Å². The largest absolute Gasteiger partial charge is 0.490 e. The minimum absolute atomic E-state index is 0.0386. The summed E-state index contributed by atoms with van der Waals surface area (Å²) in [5, 5.41) is 9.67. The summed E-state index contributed by atoms with van der Waals surface area (Å²) in [4.78, 5) is 12.7. The number of amides is 2. The van der Waals surface area contributed by atoms with Gasteiger partial charge in [-0.2, -0.15) is 0 Å². The molecule has 1 heterocycles. The summed E-state index contributed by atoms with van der Waals surface area (Å²) < 4.78 is 17.2. The number of urea groups is 1. The first kappa shape index (κ1) is 23.1. The van der Waals surface area contributed by atoms with Gasteiger partial charge in [-0.15, -0.1) is 0 Å². The summed E-state index contributed by atoms with van der Waals surface area (Å²) in [6.45, 7) is 15.8. The Morgan fingerprint density at radius 2 is 1.45 bits per heavy atom. The van der Waals surface area contributed by atoms with Crippen molar-refractivity contribution in [3.63, 3.8) is 0 Å². The van der Waals surface area contributed by atoms with Crippen LogP contribution >= 0.6 is 0 Å². The van der Waals surface area contributed by atoms with Crippen molar-refractivity contribution in [2.45, 2.75) is 78.4 Å². The Morgan fingerprint density at radius 1 is 0.966 bits per heavy atom. The van der Waals surface area contributed by atoms with Gasteiger partial charge >= 0.3 is 6.03 Å². The summed E-state index contributed by atoms with van der Waals surface area (Å²) >= 11 is 0. The Hall–Kier alpha value is -2.15. The molecule has 0 atom stereocenters. The summed E-state index contributed by atoms with van der Waals surface area (Å²) in [6, 6.07) is 3.39. The molecule has 29 heavy (non-hydrogen) atoms. The van der Waals surface area contributed by atoms with Crippen LogP contribution in [0.4, 0.5) is 10.5 Å². The van der Waals surface area contributed by atoms with E-state index in [9.17, 15) is 4.79 Å². The lowest BCUT2D eigenvalue weighted by atomic mass is 9.80. The van der Waals surface area contributed by atoms with Gasteiger partial charge in [0.05, 0.1) is 25.5 Å². The SMILES string of the molecule is CCOc1cc(NC(=O)NC2CC(C)(C)NC(C)(C)C2)cc(OCC)c1OCC. The molecule has 0 unspecified atom stereocenters. The summed E-state index contributed by atoms with van der Waals surface area (Å²) in [7, 11) is 0. The van der Waals surface area contributed by atoms with E-state index in [1.165, 1.54) is 0 Å². The van der Waals surface area contributed by atoms with Crippen LogP contribution in [0, 0.1) is 0 Å². The second-order valence-electron chi connectivity index (χ2n) is 8.70. The van der Waals surface area contributed by atoms with Gasteiger partial charge in [0.15, 0.2) is 11.5 Å². The molecule has 0 bridgehead atoms. The normalized spacial score (nSPS) is 18.0. The highest BCUT2D eigenvalue weighted by Gasteiger charge is 2.38. The van der Waals surface area contributed by atoms with E-state index in [4.69, 9.17) is 14.2 Å². The lowest BCUT2D eigenvalue weighted by Gasteiger charge is -2.46. The molecule has 1 aliphatic rings. The van der Waals surface area contributed by atoms with E-state index in [-0.39, 0.29) is 23.2 Å². The van der Waals surface area contributed by atoms with Crippen molar-refractivity contribution in [2.24, 2.45) is 0 Å². The molecule has 0 spiro atoms. The minimum Gasteiger partial charge on any atom is -0.490 e. The minimum atomic E-state index is -0.238. The fourth-order valence-electron chi connectivity index (χ4n) is 4.24. The summed E-state index contributed by atoms with van der Waals surface area (Å²) in [5.74, 6) is 1.67. The molecule has 1 aromatic carbocycles. The van der Waals surface area contributed by atoms with Crippen LogP contribution in [0.1, 0.15) is 61.3 Å². The Labute approximate surface area is 174 Å². The molecule has 164 valence electrons. The van der Waals surface area contributed by atoms with Crippen LogP contribution in [0.25, 0.3) is 0 Å². The van der Waals surface area contributed by atoms with E-state index < -0.39 is 0 Å². The molecule has 0 saturated carbocycles. The number of ether oxygens (including phenoxy) is 3. The number of nitrogens with one attached hydrogen (secondary N) is 3. The van der Waals surface area contributed by atoms with Gasteiger partial charge in [-0.25, -0.2) is 4.79 Å². The molecule has 7 nitrogen and oxygen atoms in total. The zero-order valence-electron chi connectivity index (χ0n) is 18.9. The van der Waals surface area contributed by atoms with Gasteiger partial charge in [0.25, 0.3) is 0 Å². The molecule has 7 heteroatoms. The maximum Gasteiger partial charge on any atom is 0.319 e. The van der Waals surface area contributed by atoms with Gasteiger partial charge in [-0.3, -0.25) is 0 Å². The van der Waals surface area contributed by atoms with Crippen molar-refractivity contribution in [1.82, 2.24) is 10.6 Å². The van der Waals surface area contributed by atoms with Crippen LogP contribution in [0.2, 0.25) is 0 Å². The van der Waals surface area contributed by atoms with Gasteiger partial charge < -0.3 is 30.2 Å². The summed E-state index contributed by atoms with van der Waals surface area (Å²) in [6.07, 6.45) is 1.73. The second-order valence-corrected chi connectivity index (χ2v) is 8.70. The van der Waals surface area contributed by atoms with E-state index in [0.717, 1.165) is 12.8 Å². The number of hydrogen-bond acceptors (Lipinski definition) is 5. The Morgan fingerprint density at radius 3 is 1.90 bits per heavy atom. The maximum absolute atomic E-state index is 12.7. The van der Waals surface area contributed by atoms with E-state index in [1.54, 1.807) is 12.1 Å². The maximum atomic E-state index is 12.7. The standard InChI is InChI=1S/C22H37N3O4/c1-8-27-17-11-15(12-18(28-9-2)19(17)29-10-3)23-20(26)24-16-13-21(4,5)25-22(6,7)14-16/h11-12,16,25H,8-10,13-14H2,1-7H3,(H2,23,24,26). The number of benzene rings is 1. The fraction of sp³-hybridized carbons (Fsp3) is 0.682. The van der Waals surface area contributed by atoms with Crippen LogP contribution in [0.5, 0.6) is 17.2 Å². The summed E-state index contributed by atoms with van der Waals surface area (Å²) in [5.41, 5.74) is 0.525. The van der Waals surface area contributed by atoms with E-state index in [2.05, 4.69) is 43.6 Å². The molecule has 2 amide bonds. The van der Waals surface area contributed by atoms with E-state index in [1.807, 2.05) is 20.8 Å². The van der Waals surface area contributed by atoms with Crippen LogP contribution < -0.4 is 30.2 Å². The van der Waals surface area contributed by atoms with Crippen molar-refractivity contribution < 1.29 is 19.0 Å². The highest BCUT2D eigenvalue weighted by Crippen LogP contribution is 2.41. The van der Waals surface area contributed by atoms with Crippen molar-refractivity contribution in [1.29, 1.82) is 0 Å². The molecule has 1 saturated heterocycles. The molecule has 0 aromatic heterocycles. The quantitative estimate of drug-likeness (QED) is 0.598. The molecule has 0 aliphatic carbocycles. The van der Waals surface area contributed by atoms with Gasteiger partial charge in [0, 0.05) is 29.3 Å². The van der Waals surface area contributed by atoms with Gasteiger partial charge in [0.2, 0.25) is 5.75 Å². The van der Waals surface area contributed by atoms with Crippen molar-refractivity contribution in [2.75, 3.05) is 25.1 Å². The van der Waals surface area contributed by atoms with Crippen LogP contribution in [0.3, 0.4) is 0 Å². The average Bonchev–Trinajstić information content (AvgIpc) is 2.55. The van der Waals surface area contributed by atoms with Gasteiger partial charge in [-0.1, -0.05) is 0 Å². The van der Waals surface area contributed by atoms with Crippen molar-refractivity contribution >= 4 is 11.7 Å². The Balaban J connectivity index is 2.16. The fourth-order valence-corrected chi connectivity index (χ4v) is 4.24. The van der Waals surface area contributed by atoms with E-state index in [0.29, 0.717) is 42.8 Å². The first-order valence-corrected chi connectivity index (χ1v) is 10.5. The molecule has 3 N–H and O–H groups in total. The molecular weight excluding hydrogens is 370 g/mol. The first-order chi connectivity index (χ1) is 13.6. The molecule has 0 radical (unpaired) electrons. The van der Waals surface area contributed by atoms with E-state index >= 15 is 0 Å². The average molecular weight is 408 g/mol. The highest BCUT2D eigenvalue weighted by molar-refractivity contribution is 5.90. The topological polar surface area (TPSA) is 80.9 Å². The lowest BCUT2D eigenvalue weighted by Crippen LogP contribution is -2.62. The number of piperidine rings is 1. The van der Waals surface area contributed by atoms with Crippen LogP contribution in [0.15, 0.2) is 12.1 Å². The smallest absolute Gasteiger partial charge is 0.319 e. The third-order valence-corrected chi connectivity index (χ3v) is 4.69. The zero-order chi connectivity index (χ0) is 21.7. The molecule has 1 aliphatic heterocycles. The third-order valence-electron chi connectivity index (χ3n) is 4.69. The Kier molecular flexibility index (Phi) is 7.63.